The minimum absolute atomic E-state index is 0.307. The van der Waals surface area contributed by atoms with Crippen LogP contribution in [0, 0.1) is 0 Å². The lowest BCUT2D eigenvalue weighted by atomic mass is 10.2. The van der Waals surface area contributed by atoms with E-state index in [1.807, 2.05) is 30.3 Å². The summed E-state index contributed by atoms with van der Waals surface area (Å²) in [7, 11) is 0. The van der Waals surface area contributed by atoms with E-state index in [1.165, 1.54) is 0 Å². The van der Waals surface area contributed by atoms with Gasteiger partial charge in [-0.2, -0.15) is 0 Å². The van der Waals surface area contributed by atoms with E-state index in [9.17, 15) is 0 Å². The van der Waals surface area contributed by atoms with Gasteiger partial charge in [0, 0.05) is 16.8 Å². The molecule has 0 saturated heterocycles. The van der Waals surface area contributed by atoms with Gasteiger partial charge in [0.1, 0.15) is 12.1 Å². The van der Waals surface area contributed by atoms with Crippen LogP contribution in [0.15, 0.2) is 46.9 Å². The van der Waals surface area contributed by atoms with Gasteiger partial charge >= 0.3 is 0 Å². The number of nitrogens with zero attached hydrogens (tertiary/aromatic N) is 1. The molecule has 5 heteroatoms. The zero-order valence-electron chi connectivity index (χ0n) is 10.7. The third-order valence-electron chi connectivity index (χ3n) is 2.84. The largest absolute Gasteiger partial charge is 0.438 e. The summed E-state index contributed by atoms with van der Waals surface area (Å²) < 4.78 is 11.1. The van der Waals surface area contributed by atoms with Crippen LogP contribution in [0.4, 0.5) is 5.69 Å². The first kappa shape index (κ1) is 13.0. The molecule has 3 aromatic rings. The van der Waals surface area contributed by atoms with Gasteiger partial charge in [0.25, 0.3) is 0 Å². The maximum atomic E-state index is 5.91. The molecule has 4 nitrogen and oxygen atoms in total. The molecule has 102 valence electrons. The normalized spacial score (nSPS) is 11.1. The smallest absolute Gasteiger partial charge is 0.221 e. The number of halogens is 1. The van der Waals surface area contributed by atoms with E-state index in [4.69, 9.17) is 26.5 Å². The summed E-state index contributed by atoms with van der Waals surface area (Å²) in [5.41, 5.74) is 8.81. The predicted molar refractivity (Wildman–Crippen MR) is 78.4 cm³/mol. The Morgan fingerprint density at radius 3 is 2.90 bits per heavy atom. The summed E-state index contributed by atoms with van der Waals surface area (Å²) in [5.74, 6) is 0.535. The van der Waals surface area contributed by atoms with Gasteiger partial charge in [-0.3, -0.25) is 0 Å². The molecule has 0 atom stereocenters. The summed E-state index contributed by atoms with van der Waals surface area (Å²) in [5, 5.41) is 0.698. The number of fused-ring (bicyclic) bond motifs is 1. The highest BCUT2D eigenvalue weighted by atomic mass is 35.5. The Hall–Kier alpha value is -2.04. The Morgan fingerprint density at radius 2 is 2.05 bits per heavy atom. The second-order valence-corrected chi connectivity index (χ2v) is 4.89. The van der Waals surface area contributed by atoms with Crippen LogP contribution in [-0.4, -0.2) is 4.98 Å². The highest BCUT2D eigenvalue weighted by Crippen LogP contribution is 2.19. The van der Waals surface area contributed by atoms with Crippen molar-refractivity contribution in [2.45, 2.75) is 13.2 Å². The van der Waals surface area contributed by atoms with Crippen LogP contribution in [0.2, 0.25) is 5.02 Å². The van der Waals surface area contributed by atoms with Crippen LogP contribution in [0.5, 0.6) is 0 Å². The van der Waals surface area contributed by atoms with Crippen LogP contribution in [0.1, 0.15) is 11.5 Å². The number of nitrogen functional groups attached to an aromatic ring is 1. The molecule has 3 rings (SSSR count). The number of hydrogen-bond acceptors (Lipinski definition) is 4. The van der Waals surface area contributed by atoms with Crippen LogP contribution < -0.4 is 5.73 Å². The molecule has 0 spiro atoms. The highest BCUT2D eigenvalue weighted by Gasteiger charge is 2.06. The molecule has 0 bridgehead atoms. The molecular formula is C15H13ClN2O2. The van der Waals surface area contributed by atoms with Crippen molar-refractivity contribution < 1.29 is 9.15 Å². The van der Waals surface area contributed by atoms with Crippen molar-refractivity contribution in [3.8, 4) is 0 Å². The standard InChI is InChI=1S/C15H13ClN2O2/c16-11-3-1-2-10(6-11)8-19-9-15-18-13-5-4-12(17)7-14(13)20-15/h1-7H,8-9,17H2. The number of oxazole rings is 1. The minimum atomic E-state index is 0.307. The lowest BCUT2D eigenvalue weighted by molar-refractivity contribution is 0.0907. The van der Waals surface area contributed by atoms with E-state index in [0.717, 1.165) is 11.1 Å². The minimum Gasteiger partial charge on any atom is -0.438 e. The molecule has 2 aromatic carbocycles. The van der Waals surface area contributed by atoms with Gasteiger partial charge in [-0.05, 0) is 29.8 Å². The third-order valence-corrected chi connectivity index (χ3v) is 3.08. The van der Waals surface area contributed by atoms with Crippen LogP contribution in [-0.2, 0) is 18.0 Å². The number of hydrogen-bond donors (Lipinski definition) is 1. The van der Waals surface area contributed by atoms with Gasteiger partial charge in [-0.15, -0.1) is 0 Å². The van der Waals surface area contributed by atoms with Crippen LogP contribution >= 0.6 is 11.6 Å². The second-order valence-electron chi connectivity index (χ2n) is 4.46. The molecule has 0 amide bonds. The molecule has 20 heavy (non-hydrogen) atoms. The summed E-state index contributed by atoms with van der Waals surface area (Å²) in [6.07, 6.45) is 0. The zero-order chi connectivity index (χ0) is 13.9. The number of rotatable bonds is 4. The fraction of sp³-hybridized carbons (Fsp3) is 0.133. The maximum absolute atomic E-state index is 5.91. The lowest BCUT2D eigenvalue weighted by Gasteiger charge is -2.02. The average Bonchev–Trinajstić information content (AvgIpc) is 2.80. The monoisotopic (exact) mass is 288 g/mol. The summed E-state index contributed by atoms with van der Waals surface area (Å²) in [6, 6.07) is 12.9. The summed E-state index contributed by atoms with van der Waals surface area (Å²) in [6.45, 7) is 0.766. The van der Waals surface area contributed by atoms with Gasteiger partial charge in [0.05, 0.1) is 6.61 Å². The Bertz CT molecular complexity index is 740. The van der Waals surface area contributed by atoms with E-state index in [-0.39, 0.29) is 0 Å². The fourth-order valence-electron chi connectivity index (χ4n) is 1.93. The maximum Gasteiger partial charge on any atom is 0.221 e. The van der Waals surface area contributed by atoms with Crippen molar-refractivity contribution in [2.75, 3.05) is 5.73 Å². The number of benzene rings is 2. The number of anilines is 1. The van der Waals surface area contributed by atoms with Crippen molar-refractivity contribution >= 4 is 28.4 Å². The van der Waals surface area contributed by atoms with Crippen molar-refractivity contribution in [3.05, 3.63) is 58.9 Å². The van der Waals surface area contributed by atoms with Crippen molar-refractivity contribution in [1.82, 2.24) is 4.98 Å². The van der Waals surface area contributed by atoms with Crippen molar-refractivity contribution in [3.63, 3.8) is 0 Å². The van der Waals surface area contributed by atoms with Crippen molar-refractivity contribution in [1.29, 1.82) is 0 Å². The Balaban J connectivity index is 1.65. The van der Waals surface area contributed by atoms with E-state index in [0.29, 0.717) is 35.4 Å². The molecule has 0 fully saturated rings. The van der Waals surface area contributed by atoms with Gasteiger partial charge in [0.15, 0.2) is 5.58 Å². The van der Waals surface area contributed by atoms with Gasteiger partial charge in [0.2, 0.25) is 5.89 Å². The first-order valence-electron chi connectivity index (χ1n) is 6.18. The Kier molecular flexibility index (Phi) is 3.58. The van der Waals surface area contributed by atoms with Gasteiger partial charge in [-0.25, -0.2) is 4.98 Å². The fourth-order valence-corrected chi connectivity index (χ4v) is 2.15. The molecular weight excluding hydrogens is 276 g/mol. The highest BCUT2D eigenvalue weighted by molar-refractivity contribution is 6.30. The molecule has 0 aliphatic rings. The first-order chi connectivity index (χ1) is 9.70. The van der Waals surface area contributed by atoms with Crippen LogP contribution in [0.3, 0.4) is 0 Å². The number of ether oxygens (including phenoxy) is 1. The lowest BCUT2D eigenvalue weighted by Crippen LogP contribution is -1.94. The van der Waals surface area contributed by atoms with Gasteiger partial charge < -0.3 is 14.9 Å². The summed E-state index contributed by atoms with van der Waals surface area (Å²) in [4.78, 5) is 4.33. The quantitative estimate of drug-likeness (QED) is 0.742. The molecule has 2 N–H and O–H groups in total. The first-order valence-corrected chi connectivity index (χ1v) is 6.55. The van der Waals surface area contributed by atoms with Crippen molar-refractivity contribution in [2.24, 2.45) is 0 Å². The third kappa shape index (κ3) is 2.92. The summed E-state index contributed by atoms with van der Waals surface area (Å²) >= 11 is 5.91. The molecule has 0 aliphatic carbocycles. The molecule has 1 heterocycles. The average molecular weight is 289 g/mol. The Labute approximate surface area is 121 Å². The van der Waals surface area contributed by atoms with E-state index < -0.39 is 0 Å². The molecule has 0 aliphatic heterocycles. The van der Waals surface area contributed by atoms with E-state index in [1.54, 1.807) is 12.1 Å². The van der Waals surface area contributed by atoms with E-state index >= 15 is 0 Å². The zero-order valence-corrected chi connectivity index (χ0v) is 11.4. The SMILES string of the molecule is Nc1ccc2nc(COCc3cccc(Cl)c3)oc2c1. The molecule has 0 unspecified atom stereocenters. The molecule has 0 saturated carbocycles. The van der Waals surface area contributed by atoms with Gasteiger partial charge in [-0.1, -0.05) is 23.7 Å². The second kappa shape index (κ2) is 5.53. The Morgan fingerprint density at radius 1 is 1.15 bits per heavy atom. The number of aromatic nitrogens is 1. The van der Waals surface area contributed by atoms with Crippen LogP contribution in [0.25, 0.3) is 11.1 Å². The number of nitrogens with two attached hydrogens (primary N) is 1. The topological polar surface area (TPSA) is 61.3 Å². The predicted octanol–water partition coefficient (Wildman–Crippen LogP) is 3.78. The van der Waals surface area contributed by atoms with E-state index in [2.05, 4.69) is 4.98 Å². The molecule has 0 radical (unpaired) electrons. The molecule has 1 aromatic heterocycles.